The average Bonchev–Trinajstić information content (AvgIpc) is 2.78. The Balaban J connectivity index is 1.49. The molecule has 0 saturated carbocycles. The normalized spacial score (nSPS) is 10.3. The molecule has 6 nitrogen and oxygen atoms in total. The maximum Gasteiger partial charge on any atom is 0.277 e. The molecule has 0 aliphatic rings. The molecule has 0 fully saturated rings. The molecule has 0 aliphatic carbocycles. The van der Waals surface area contributed by atoms with Crippen LogP contribution in [0.25, 0.3) is 11.1 Å². The standard InChI is InChI=1S/C23H19N3O3/c1-28-22-4-2-3-18(13-22)15-25-26-23(27)16-29-21-11-9-20(10-12-21)19-7-5-17(14-24)6-8-19/h2-13,15H,16H2,1H3,(H,26,27)/b25-15-. The van der Waals surface area contributed by atoms with Gasteiger partial charge in [-0.25, -0.2) is 5.43 Å². The molecule has 0 bridgehead atoms. The van der Waals surface area contributed by atoms with Gasteiger partial charge in [0.25, 0.3) is 5.91 Å². The maximum absolute atomic E-state index is 11.9. The number of nitriles is 1. The van der Waals surface area contributed by atoms with Gasteiger partial charge in [-0.15, -0.1) is 0 Å². The Morgan fingerprint density at radius 3 is 2.38 bits per heavy atom. The minimum atomic E-state index is -0.361. The van der Waals surface area contributed by atoms with Gasteiger partial charge >= 0.3 is 0 Å². The zero-order chi connectivity index (χ0) is 20.5. The number of hydrogen-bond donors (Lipinski definition) is 1. The highest BCUT2D eigenvalue weighted by atomic mass is 16.5. The number of nitrogens with one attached hydrogen (secondary N) is 1. The molecule has 0 saturated heterocycles. The molecule has 1 amide bonds. The van der Waals surface area contributed by atoms with E-state index >= 15 is 0 Å². The predicted molar refractivity (Wildman–Crippen MR) is 111 cm³/mol. The van der Waals surface area contributed by atoms with Gasteiger partial charge in [0, 0.05) is 0 Å². The second-order valence-corrected chi connectivity index (χ2v) is 6.07. The second-order valence-electron chi connectivity index (χ2n) is 6.07. The van der Waals surface area contributed by atoms with Gasteiger partial charge in [0.05, 0.1) is 25.0 Å². The number of ether oxygens (including phenoxy) is 2. The first kappa shape index (κ1) is 19.6. The number of hydrogen-bond acceptors (Lipinski definition) is 5. The molecular weight excluding hydrogens is 366 g/mol. The summed E-state index contributed by atoms with van der Waals surface area (Å²) in [7, 11) is 1.59. The first-order chi connectivity index (χ1) is 14.2. The molecular formula is C23H19N3O3. The summed E-state index contributed by atoms with van der Waals surface area (Å²) in [6.45, 7) is -0.147. The third-order valence-corrected chi connectivity index (χ3v) is 4.07. The number of nitrogens with zero attached hydrogens (tertiary/aromatic N) is 2. The molecule has 0 radical (unpaired) electrons. The first-order valence-electron chi connectivity index (χ1n) is 8.87. The quantitative estimate of drug-likeness (QED) is 0.496. The summed E-state index contributed by atoms with van der Waals surface area (Å²) in [5.74, 6) is 0.933. The van der Waals surface area contributed by atoms with E-state index in [9.17, 15) is 4.79 Å². The van der Waals surface area contributed by atoms with Crippen molar-refractivity contribution in [1.82, 2.24) is 5.43 Å². The molecule has 0 heterocycles. The number of rotatable bonds is 7. The van der Waals surface area contributed by atoms with Crippen LogP contribution in [0.3, 0.4) is 0 Å². The smallest absolute Gasteiger partial charge is 0.277 e. The monoisotopic (exact) mass is 385 g/mol. The fraction of sp³-hybridized carbons (Fsp3) is 0.0870. The van der Waals surface area contributed by atoms with Crippen molar-refractivity contribution >= 4 is 12.1 Å². The third-order valence-electron chi connectivity index (χ3n) is 4.07. The first-order valence-corrected chi connectivity index (χ1v) is 8.87. The SMILES string of the molecule is COc1cccc(/C=N\NC(=O)COc2ccc(-c3ccc(C#N)cc3)cc2)c1. The Kier molecular flexibility index (Phi) is 6.58. The maximum atomic E-state index is 11.9. The van der Waals surface area contributed by atoms with Crippen molar-refractivity contribution in [3.63, 3.8) is 0 Å². The summed E-state index contributed by atoms with van der Waals surface area (Å²) in [4.78, 5) is 11.9. The fourth-order valence-electron chi connectivity index (χ4n) is 2.56. The van der Waals surface area contributed by atoms with E-state index in [1.54, 1.807) is 31.4 Å². The minimum Gasteiger partial charge on any atom is -0.497 e. The number of benzene rings is 3. The summed E-state index contributed by atoms with van der Waals surface area (Å²) in [5.41, 5.74) is 5.85. The van der Waals surface area contributed by atoms with Crippen molar-refractivity contribution in [2.24, 2.45) is 5.10 Å². The van der Waals surface area contributed by atoms with E-state index in [-0.39, 0.29) is 12.5 Å². The van der Waals surface area contributed by atoms with Gasteiger partial charge in [-0.2, -0.15) is 10.4 Å². The zero-order valence-corrected chi connectivity index (χ0v) is 15.8. The molecule has 0 unspecified atom stereocenters. The number of amides is 1. The Morgan fingerprint density at radius 1 is 1.03 bits per heavy atom. The molecule has 0 atom stereocenters. The van der Waals surface area contributed by atoms with E-state index < -0.39 is 0 Å². The molecule has 144 valence electrons. The molecule has 3 aromatic rings. The van der Waals surface area contributed by atoms with Crippen LogP contribution < -0.4 is 14.9 Å². The third kappa shape index (κ3) is 5.68. The van der Waals surface area contributed by atoms with Crippen molar-refractivity contribution in [2.45, 2.75) is 0 Å². The fourth-order valence-corrected chi connectivity index (χ4v) is 2.56. The van der Waals surface area contributed by atoms with Crippen LogP contribution in [0, 0.1) is 11.3 Å². The summed E-state index contributed by atoms with van der Waals surface area (Å²) >= 11 is 0. The van der Waals surface area contributed by atoms with E-state index in [0.29, 0.717) is 17.1 Å². The van der Waals surface area contributed by atoms with Crippen LogP contribution in [0.4, 0.5) is 0 Å². The lowest BCUT2D eigenvalue weighted by molar-refractivity contribution is -0.123. The van der Waals surface area contributed by atoms with Gasteiger partial charge in [-0.3, -0.25) is 4.79 Å². The summed E-state index contributed by atoms with van der Waals surface area (Å²) in [5, 5.41) is 12.8. The number of methoxy groups -OCH3 is 1. The molecule has 1 N–H and O–H groups in total. The van der Waals surface area contributed by atoms with Crippen molar-refractivity contribution < 1.29 is 14.3 Å². The highest BCUT2D eigenvalue weighted by Crippen LogP contribution is 2.22. The van der Waals surface area contributed by atoms with Gasteiger partial charge in [-0.1, -0.05) is 36.4 Å². The van der Waals surface area contributed by atoms with Crippen LogP contribution in [-0.4, -0.2) is 25.8 Å². The Labute approximate surface area is 169 Å². The van der Waals surface area contributed by atoms with Gasteiger partial charge < -0.3 is 9.47 Å². The molecule has 3 aromatic carbocycles. The lowest BCUT2D eigenvalue weighted by Crippen LogP contribution is -2.24. The second kappa shape index (κ2) is 9.72. The Morgan fingerprint density at radius 2 is 1.72 bits per heavy atom. The van der Waals surface area contributed by atoms with Crippen LogP contribution in [0.2, 0.25) is 0 Å². The highest BCUT2D eigenvalue weighted by Gasteiger charge is 2.03. The van der Waals surface area contributed by atoms with E-state index in [0.717, 1.165) is 16.7 Å². The molecule has 6 heteroatoms. The van der Waals surface area contributed by atoms with Crippen molar-refractivity contribution in [2.75, 3.05) is 13.7 Å². The van der Waals surface area contributed by atoms with E-state index in [2.05, 4.69) is 16.6 Å². The van der Waals surface area contributed by atoms with Crippen LogP contribution >= 0.6 is 0 Å². The Bertz CT molecular complexity index is 1040. The summed E-state index contributed by atoms with van der Waals surface area (Å²) in [6.07, 6.45) is 1.53. The van der Waals surface area contributed by atoms with Gasteiger partial charge in [-0.05, 0) is 53.1 Å². The van der Waals surface area contributed by atoms with E-state index in [1.807, 2.05) is 48.5 Å². The van der Waals surface area contributed by atoms with Crippen LogP contribution in [0.1, 0.15) is 11.1 Å². The van der Waals surface area contributed by atoms with E-state index in [1.165, 1.54) is 6.21 Å². The van der Waals surface area contributed by atoms with Crippen LogP contribution in [0.15, 0.2) is 77.9 Å². The van der Waals surface area contributed by atoms with Crippen LogP contribution in [-0.2, 0) is 4.79 Å². The van der Waals surface area contributed by atoms with Crippen molar-refractivity contribution in [3.8, 4) is 28.7 Å². The van der Waals surface area contributed by atoms with Crippen molar-refractivity contribution in [3.05, 3.63) is 83.9 Å². The molecule has 0 aliphatic heterocycles. The number of hydrazone groups is 1. The zero-order valence-electron chi connectivity index (χ0n) is 15.8. The van der Waals surface area contributed by atoms with Crippen LogP contribution in [0.5, 0.6) is 11.5 Å². The molecule has 0 spiro atoms. The van der Waals surface area contributed by atoms with E-state index in [4.69, 9.17) is 14.7 Å². The van der Waals surface area contributed by atoms with Gasteiger partial charge in [0.1, 0.15) is 11.5 Å². The molecule has 0 aromatic heterocycles. The van der Waals surface area contributed by atoms with Crippen molar-refractivity contribution in [1.29, 1.82) is 5.26 Å². The largest absolute Gasteiger partial charge is 0.497 e. The lowest BCUT2D eigenvalue weighted by Gasteiger charge is -2.07. The highest BCUT2D eigenvalue weighted by molar-refractivity contribution is 5.83. The number of carbonyl (C=O) groups excluding carboxylic acids is 1. The van der Waals surface area contributed by atoms with Gasteiger partial charge in [0.15, 0.2) is 6.61 Å². The molecule has 3 rings (SSSR count). The van der Waals surface area contributed by atoms with Gasteiger partial charge in [0.2, 0.25) is 0 Å². The topological polar surface area (TPSA) is 83.7 Å². The number of carbonyl (C=O) groups is 1. The summed E-state index contributed by atoms with van der Waals surface area (Å²) < 4.78 is 10.6. The Hall–Kier alpha value is -4.11. The molecule has 29 heavy (non-hydrogen) atoms. The average molecular weight is 385 g/mol. The summed E-state index contributed by atoms with van der Waals surface area (Å²) in [6, 6.07) is 24.1. The minimum absolute atomic E-state index is 0.147. The predicted octanol–water partition coefficient (Wildman–Crippen LogP) is 3.76. The lowest BCUT2D eigenvalue weighted by atomic mass is 10.0.